The molecule has 0 amide bonds. The molecule has 0 aromatic rings. The molecule has 0 spiro atoms. The van der Waals surface area contributed by atoms with Crippen molar-refractivity contribution in [3.05, 3.63) is 0 Å². The first kappa shape index (κ1) is 91.1. The smallest absolute Gasteiger partial charge is 0.462 e. The normalized spacial score (nSPS) is 15.1. The van der Waals surface area contributed by atoms with Crippen molar-refractivity contribution in [2.75, 3.05) is 39.6 Å². The molecule has 0 bridgehead atoms. The van der Waals surface area contributed by atoms with Crippen LogP contribution in [0.25, 0.3) is 0 Å². The van der Waals surface area contributed by atoms with Gasteiger partial charge in [-0.05, 0) is 49.4 Å². The van der Waals surface area contributed by atoms with Crippen LogP contribution in [0.2, 0.25) is 0 Å². The van der Waals surface area contributed by atoms with Gasteiger partial charge in [0, 0.05) is 25.7 Å². The molecule has 552 valence electrons. The van der Waals surface area contributed by atoms with Gasteiger partial charge in [-0.3, -0.25) is 37.3 Å². The molecule has 0 aliphatic heterocycles. The van der Waals surface area contributed by atoms with E-state index in [1.54, 1.807) is 0 Å². The molecule has 8 atom stereocenters. The van der Waals surface area contributed by atoms with E-state index in [0.717, 1.165) is 126 Å². The maximum absolute atomic E-state index is 13.0. The lowest BCUT2D eigenvalue weighted by Gasteiger charge is -2.21. The van der Waals surface area contributed by atoms with Crippen LogP contribution in [-0.2, 0) is 65.4 Å². The molecule has 0 aromatic heterocycles. The van der Waals surface area contributed by atoms with Gasteiger partial charge in [0.15, 0.2) is 12.2 Å². The standard InChI is InChI=1S/C74H144O17P2/c1-9-65(6)51-43-35-27-23-19-14-12-13-15-20-24-28-40-48-56-73(78)90-69(60-84-71(76)54-46-38-32-30-36-44-52-66(7)10-2)62-88-92(80,81)86-58-68(75)59-87-93(82,83)89-63-70(61-85-72(77)55-47-39-33-31-37-45-53-67(8)11-3)91-74(79)57-49-41-29-25-21-17-16-18-22-26-34-42-50-64(4)5/h64-70,75H,9-63H2,1-8H3,(H,80,81)(H,82,83)/t65?,66?,67?,68-,69-,70-/m1/s1. The Morgan fingerprint density at radius 3 is 0.763 bits per heavy atom. The Morgan fingerprint density at radius 1 is 0.301 bits per heavy atom. The van der Waals surface area contributed by atoms with Crippen molar-refractivity contribution in [1.82, 2.24) is 0 Å². The van der Waals surface area contributed by atoms with E-state index < -0.39 is 97.5 Å². The highest BCUT2D eigenvalue weighted by atomic mass is 31.2. The minimum absolute atomic E-state index is 0.105. The molecule has 0 saturated carbocycles. The van der Waals surface area contributed by atoms with Gasteiger partial charge in [0.05, 0.1) is 26.4 Å². The van der Waals surface area contributed by atoms with Crippen LogP contribution in [0.1, 0.15) is 370 Å². The van der Waals surface area contributed by atoms with E-state index in [0.29, 0.717) is 25.7 Å². The maximum atomic E-state index is 13.0. The minimum atomic E-state index is -4.96. The number of aliphatic hydroxyl groups excluding tert-OH is 1. The third-order valence-corrected chi connectivity index (χ3v) is 20.1. The molecule has 93 heavy (non-hydrogen) atoms. The number of unbranched alkanes of at least 4 members (excludes halogenated alkanes) is 34. The fraction of sp³-hybridized carbons (Fsp3) is 0.946. The van der Waals surface area contributed by atoms with Gasteiger partial charge < -0.3 is 33.8 Å². The van der Waals surface area contributed by atoms with E-state index in [1.807, 2.05) is 0 Å². The molecule has 0 fully saturated rings. The van der Waals surface area contributed by atoms with Crippen LogP contribution in [0.5, 0.6) is 0 Å². The second kappa shape index (κ2) is 63.5. The zero-order chi connectivity index (χ0) is 68.9. The lowest BCUT2D eigenvalue weighted by molar-refractivity contribution is -0.161. The fourth-order valence-electron chi connectivity index (χ4n) is 11.1. The first-order chi connectivity index (χ1) is 44.7. The SMILES string of the molecule is CCC(C)CCCCCCCCCCCCCCCCC(=O)O[C@H](COC(=O)CCCCCCCCC(C)CC)COP(=O)(O)OC[C@@H](O)COP(=O)(O)OC[C@@H](COC(=O)CCCCCCCCC(C)CC)OC(=O)CCCCCCCCCCCCCCC(C)C. The highest BCUT2D eigenvalue weighted by molar-refractivity contribution is 7.47. The van der Waals surface area contributed by atoms with Crippen LogP contribution in [0.4, 0.5) is 0 Å². The van der Waals surface area contributed by atoms with Crippen LogP contribution < -0.4 is 0 Å². The second-order valence-electron chi connectivity index (χ2n) is 27.9. The fourth-order valence-corrected chi connectivity index (χ4v) is 12.7. The van der Waals surface area contributed by atoms with Gasteiger partial charge in [0.2, 0.25) is 0 Å². The molecular weight excluding hydrogens is 1220 g/mol. The average molecular weight is 1370 g/mol. The van der Waals surface area contributed by atoms with Gasteiger partial charge >= 0.3 is 39.5 Å². The van der Waals surface area contributed by atoms with Gasteiger partial charge in [-0.1, -0.05) is 319 Å². The molecule has 5 unspecified atom stereocenters. The van der Waals surface area contributed by atoms with Crippen LogP contribution in [-0.4, -0.2) is 96.7 Å². The number of hydrogen-bond acceptors (Lipinski definition) is 15. The number of hydrogen-bond donors (Lipinski definition) is 3. The first-order valence-corrected chi connectivity index (χ1v) is 41.3. The Kier molecular flexibility index (Phi) is 62.2. The molecule has 19 heteroatoms. The van der Waals surface area contributed by atoms with Crippen LogP contribution >= 0.6 is 15.6 Å². The number of ether oxygens (including phenoxy) is 4. The van der Waals surface area contributed by atoms with Crippen molar-refractivity contribution in [3.63, 3.8) is 0 Å². The van der Waals surface area contributed by atoms with Crippen LogP contribution in [0.15, 0.2) is 0 Å². The van der Waals surface area contributed by atoms with E-state index in [1.165, 1.54) is 161 Å². The molecule has 17 nitrogen and oxygen atoms in total. The van der Waals surface area contributed by atoms with E-state index in [9.17, 15) is 43.2 Å². The monoisotopic (exact) mass is 1370 g/mol. The van der Waals surface area contributed by atoms with Crippen LogP contribution in [0.3, 0.4) is 0 Å². The van der Waals surface area contributed by atoms with Gasteiger partial charge in [0.25, 0.3) is 0 Å². The summed E-state index contributed by atoms with van der Waals surface area (Å²) in [4.78, 5) is 72.7. The van der Waals surface area contributed by atoms with Gasteiger partial charge in [-0.2, -0.15) is 0 Å². The van der Waals surface area contributed by atoms with Crippen molar-refractivity contribution >= 4 is 39.5 Å². The van der Waals surface area contributed by atoms with Crippen molar-refractivity contribution in [2.45, 2.75) is 388 Å². The Bertz CT molecular complexity index is 1840. The Hall–Kier alpha value is -1.94. The molecule has 0 saturated heterocycles. The summed E-state index contributed by atoms with van der Waals surface area (Å²) < 4.78 is 68.4. The lowest BCUT2D eigenvalue weighted by atomic mass is 9.99. The maximum Gasteiger partial charge on any atom is 0.472 e. The predicted octanol–water partition coefficient (Wildman–Crippen LogP) is 21.3. The predicted molar refractivity (Wildman–Crippen MR) is 377 cm³/mol. The summed E-state index contributed by atoms with van der Waals surface area (Å²) in [5.74, 6) is 0.959. The number of carbonyl (C=O) groups is 4. The largest absolute Gasteiger partial charge is 0.472 e. The summed E-state index contributed by atoms with van der Waals surface area (Å²) in [5.41, 5.74) is 0. The highest BCUT2D eigenvalue weighted by Gasteiger charge is 2.30. The van der Waals surface area contributed by atoms with E-state index in [2.05, 4.69) is 55.4 Å². The first-order valence-electron chi connectivity index (χ1n) is 38.3. The number of esters is 4. The molecule has 0 heterocycles. The molecule has 0 rings (SSSR count). The Balaban J connectivity index is 5.23. The molecule has 0 aromatic carbocycles. The zero-order valence-electron chi connectivity index (χ0n) is 60.9. The van der Waals surface area contributed by atoms with Crippen LogP contribution in [0, 0.1) is 23.7 Å². The van der Waals surface area contributed by atoms with Gasteiger partial charge in [0.1, 0.15) is 19.3 Å². The van der Waals surface area contributed by atoms with E-state index in [4.69, 9.17) is 37.0 Å². The van der Waals surface area contributed by atoms with E-state index in [-0.39, 0.29) is 25.7 Å². The van der Waals surface area contributed by atoms with Crippen molar-refractivity contribution < 1.29 is 80.2 Å². The number of phosphoric acid groups is 2. The van der Waals surface area contributed by atoms with Gasteiger partial charge in [-0.25, -0.2) is 9.13 Å². The quantitative estimate of drug-likeness (QED) is 0.0222. The Labute approximate surface area is 568 Å². The highest BCUT2D eigenvalue weighted by Crippen LogP contribution is 2.45. The third-order valence-electron chi connectivity index (χ3n) is 18.2. The number of phosphoric ester groups is 2. The van der Waals surface area contributed by atoms with E-state index >= 15 is 0 Å². The molecule has 0 aliphatic rings. The lowest BCUT2D eigenvalue weighted by Crippen LogP contribution is -2.30. The molecule has 0 radical (unpaired) electrons. The van der Waals surface area contributed by atoms with Crippen molar-refractivity contribution in [1.29, 1.82) is 0 Å². The molecule has 3 N–H and O–H groups in total. The second-order valence-corrected chi connectivity index (χ2v) is 30.8. The Morgan fingerprint density at radius 2 is 0.516 bits per heavy atom. The number of rotatable bonds is 71. The summed E-state index contributed by atoms with van der Waals surface area (Å²) >= 11 is 0. The summed E-state index contributed by atoms with van der Waals surface area (Å²) in [6.07, 6.45) is 47.2. The number of carbonyl (C=O) groups excluding carboxylic acids is 4. The van der Waals surface area contributed by atoms with Crippen molar-refractivity contribution in [2.24, 2.45) is 23.7 Å². The summed E-state index contributed by atoms with van der Waals surface area (Å²) in [6.45, 7) is 14.2. The zero-order valence-corrected chi connectivity index (χ0v) is 62.7. The number of aliphatic hydroxyl groups is 1. The van der Waals surface area contributed by atoms with Crippen molar-refractivity contribution in [3.8, 4) is 0 Å². The third kappa shape index (κ3) is 64.5. The van der Waals surface area contributed by atoms with Gasteiger partial charge in [-0.15, -0.1) is 0 Å². The summed E-state index contributed by atoms with van der Waals surface area (Å²) in [7, 11) is -9.91. The summed E-state index contributed by atoms with van der Waals surface area (Å²) in [5, 5.41) is 10.6. The average Bonchev–Trinajstić information content (AvgIpc) is 1.77. The molecule has 0 aliphatic carbocycles. The minimum Gasteiger partial charge on any atom is -0.462 e. The molecular formula is C74H144O17P2. The summed E-state index contributed by atoms with van der Waals surface area (Å²) in [6, 6.07) is 0. The topological polar surface area (TPSA) is 237 Å².